The monoisotopic (exact) mass is 337 g/mol. The Morgan fingerprint density at radius 1 is 1.22 bits per heavy atom. The van der Waals surface area contributed by atoms with Gasteiger partial charge >= 0.3 is 0 Å². The van der Waals surface area contributed by atoms with Gasteiger partial charge in [-0.1, -0.05) is 11.6 Å². The number of hydrogen-bond donors (Lipinski definition) is 0. The maximum absolute atomic E-state index is 6.65. The van der Waals surface area contributed by atoms with Crippen LogP contribution in [0.2, 0.25) is 5.02 Å². The predicted molar refractivity (Wildman–Crippen MR) is 95.1 cm³/mol. The number of likely N-dealkylation sites (N-methyl/N-ethyl adjacent to an activating group) is 1. The summed E-state index contributed by atoms with van der Waals surface area (Å²) in [5.74, 6) is 1.86. The normalized spacial score (nSPS) is 20.0. The summed E-state index contributed by atoms with van der Waals surface area (Å²) in [6.07, 6.45) is 5.93. The van der Waals surface area contributed by atoms with Gasteiger partial charge in [0.25, 0.3) is 0 Å². The van der Waals surface area contributed by atoms with Crippen LogP contribution in [0.25, 0.3) is 0 Å². The maximum Gasteiger partial charge on any atom is 0.142 e. The van der Waals surface area contributed by atoms with Gasteiger partial charge in [-0.3, -0.25) is 0 Å². The van der Waals surface area contributed by atoms with Crippen LogP contribution >= 0.6 is 11.6 Å². The van der Waals surface area contributed by atoms with Crippen molar-refractivity contribution in [1.29, 1.82) is 0 Å². The molecule has 0 N–H and O–H groups in total. The molecule has 23 heavy (non-hydrogen) atoms. The van der Waals surface area contributed by atoms with Crippen LogP contribution in [0.1, 0.15) is 49.3 Å². The first kappa shape index (κ1) is 16.9. The first-order valence-electron chi connectivity index (χ1n) is 8.65. The molecule has 0 bridgehead atoms. The molecule has 1 atom stereocenters. The Kier molecular flexibility index (Phi) is 4.54. The lowest BCUT2D eigenvalue weighted by Crippen LogP contribution is -2.46. The Labute approximate surface area is 144 Å². The van der Waals surface area contributed by atoms with Crippen LogP contribution in [0.4, 0.5) is 0 Å². The first-order valence-corrected chi connectivity index (χ1v) is 9.03. The Morgan fingerprint density at radius 2 is 1.91 bits per heavy atom. The molecule has 0 saturated heterocycles. The number of halogens is 1. The lowest BCUT2D eigenvalue weighted by Gasteiger charge is -2.46. The van der Waals surface area contributed by atoms with Crippen LogP contribution in [0, 0.1) is 13.8 Å². The SMILES string of the molecule is Cc1c2c(c(C)c(Cl)c1OC(C)CN(C)C)OC1(CCC1)CC2. The standard InChI is InChI=1S/C19H28ClNO2/c1-12(11-21(4)5)22-18-13(2)15-7-10-19(8-6-9-19)23-17(15)14(3)16(18)20/h12H,6-11H2,1-5H3. The Balaban J connectivity index is 1.92. The molecular formula is C19H28ClNO2. The van der Waals surface area contributed by atoms with Crippen molar-refractivity contribution in [3.8, 4) is 11.5 Å². The molecule has 128 valence electrons. The predicted octanol–water partition coefficient (Wildman–Crippen LogP) is 4.53. The highest BCUT2D eigenvalue weighted by Crippen LogP contribution is 2.50. The van der Waals surface area contributed by atoms with Crippen LogP contribution in [0.5, 0.6) is 11.5 Å². The summed E-state index contributed by atoms with van der Waals surface area (Å²) in [7, 11) is 4.11. The van der Waals surface area contributed by atoms with Crippen LogP contribution < -0.4 is 9.47 Å². The minimum absolute atomic E-state index is 0.0914. The van der Waals surface area contributed by atoms with E-state index in [0.29, 0.717) is 5.02 Å². The molecule has 1 unspecified atom stereocenters. The van der Waals surface area contributed by atoms with Crippen molar-refractivity contribution in [3.05, 3.63) is 21.7 Å². The Hall–Kier alpha value is -0.930. The highest BCUT2D eigenvalue weighted by atomic mass is 35.5. The fourth-order valence-electron chi connectivity index (χ4n) is 3.84. The van der Waals surface area contributed by atoms with E-state index in [1.165, 1.54) is 24.8 Å². The van der Waals surface area contributed by atoms with Crippen molar-refractivity contribution < 1.29 is 9.47 Å². The zero-order chi connectivity index (χ0) is 16.8. The number of hydrogen-bond acceptors (Lipinski definition) is 3. The molecule has 1 heterocycles. The van der Waals surface area contributed by atoms with Crippen LogP contribution in [-0.4, -0.2) is 37.2 Å². The summed E-state index contributed by atoms with van der Waals surface area (Å²) in [6.45, 7) is 7.13. The average molecular weight is 338 g/mol. The summed E-state index contributed by atoms with van der Waals surface area (Å²) >= 11 is 6.65. The first-order chi connectivity index (χ1) is 10.8. The molecule has 1 saturated carbocycles. The van der Waals surface area contributed by atoms with E-state index >= 15 is 0 Å². The molecule has 1 aliphatic heterocycles. The summed E-state index contributed by atoms with van der Waals surface area (Å²) in [5, 5.41) is 0.711. The second-order valence-electron chi connectivity index (χ2n) is 7.53. The molecule has 0 radical (unpaired) electrons. The summed E-state index contributed by atoms with van der Waals surface area (Å²) < 4.78 is 12.6. The molecule has 1 aromatic rings. The van der Waals surface area contributed by atoms with Gasteiger partial charge in [0.15, 0.2) is 0 Å². The number of fused-ring (bicyclic) bond motifs is 1. The zero-order valence-corrected chi connectivity index (χ0v) is 15.7. The van der Waals surface area contributed by atoms with Crippen LogP contribution in [0.3, 0.4) is 0 Å². The van der Waals surface area contributed by atoms with Crippen molar-refractivity contribution >= 4 is 11.6 Å². The van der Waals surface area contributed by atoms with Gasteiger partial charge < -0.3 is 14.4 Å². The Bertz CT molecular complexity index is 608. The minimum atomic E-state index is 0.0914. The second-order valence-corrected chi connectivity index (χ2v) is 7.91. The maximum atomic E-state index is 6.65. The number of ether oxygens (including phenoxy) is 2. The van der Waals surface area contributed by atoms with E-state index in [-0.39, 0.29) is 11.7 Å². The van der Waals surface area contributed by atoms with Crippen molar-refractivity contribution in [2.45, 2.75) is 64.6 Å². The van der Waals surface area contributed by atoms with Gasteiger partial charge in [-0.15, -0.1) is 0 Å². The second kappa shape index (κ2) is 6.18. The van der Waals surface area contributed by atoms with Crippen molar-refractivity contribution in [2.24, 2.45) is 0 Å². The topological polar surface area (TPSA) is 21.7 Å². The lowest BCUT2D eigenvalue weighted by molar-refractivity contribution is -0.0258. The van der Waals surface area contributed by atoms with Crippen molar-refractivity contribution in [2.75, 3.05) is 20.6 Å². The van der Waals surface area contributed by atoms with E-state index in [9.17, 15) is 0 Å². The van der Waals surface area contributed by atoms with Gasteiger partial charge in [-0.2, -0.15) is 0 Å². The molecule has 2 aliphatic rings. The third kappa shape index (κ3) is 3.06. The van der Waals surface area contributed by atoms with Gasteiger partial charge in [-0.25, -0.2) is 0 Å². The van der Waals surface area contributed by atoms with Crippen molar-refractivity contribution in [3.63, 3.8) is 0 Å². The Morgan fingerprint density at radius 3 is 2.48 bits per heavy atom. The zero-order valence-electron chi connectivity index (χ0n) is 15.0. The van der Waals surface area contributed by atoms with Gasteiger partial charge in [0.1, 0.15) is 23.2 Å². The molecule has 4 heteroatoms. The average Bonchev–Trinajstić information content (AvgIpc) is 2.46. The molecule has 1 aromatic carbocycles. The summed E-state index contributed by atoms with van der Waals surface area (Å²) in [6, 6.07) is 0. The van der Waals surface area contributed by atoms with Crippen LogP contribution in [0.15, 0.2) is 0 Å². The van der Waals surface area contributed by atoms with E-state index in [1.807, 2.05) is 0 Å². The fraction of sp³-hybridized carbons (Fsp3) is 0.684. The molecule has 3 rings (SSSR count). The molecular weight excluding hydrogens is 310 g/mol. The van der Waals surface area contributed by atoms with E-state index in [2.05, 4.69) is 39.8 Å². The van der Waals surface area contributed by atoms with E-state index in [0.717, 1.165) is 42.0 Å². The smallest absolute Gasteiger partial charge is 0.142 e. The third-order valence-electron chi connectivity index (χ3n) is 5.29. The summed E-state index contributed by atoms with van der Waals surface area (Å²) in [4.78, 5) is 2.13. The molecule has 1 aliphatic carbocycles. The van der Waals surface area contributed by atoms with Crippen molar-refractivity contribution in [1.82, 2.24) is 4.90 Å². The quantitative estimate of drug-likeness (QED) is 0.805. The number of rotatable bonds is 4. The minimum Gasteiger partial charge on any atom is -0.488 e. The van der Waals surface area contributed by atoms with E-state index in [4.69, 9.17) is 21.1 Å². The molecule has 1 spiro atoms. The van der Waals surface area contributed by atoms with Gasteiger partial charge in [0.2, 0.25) is 0 Å². The fourth-order valence-corrected chi connectivity index (χ4v) is 4.12. The highest BCUT2D eigenvalue weighted by molar-refractivity contribution is 6.33. The van der Waals surface area contributed by atoms with Crippen LogP contribution in [-0.2, 0) is 6.42 Å². The van der Waals surface area contributed by atoms with Gasteiger partial charge in [0, 0.05) is 17.7 Å². The lowest BCUT2D eigenvalue weighted by atomic mass is 9.74. The third-order valence-corrected chi connectivity index (χ3v) is 5.75. The molecule has 0 aromatic heterocycles. The highest BCUT2D eigenvalue weighted by Gasteiger charge is 2.43. The molecule has 3 nitrogen and oxygen atoms in total. The number of nitrogens with zero attached hydrogens (tertiary/aromatic N) is 1. The van der Waals surface area contributed by atoms with E-state index in [1.54, 1.807) is 0 Å². The van der Waals surface area contributed by atoms with E-state index < -0.39 is 0 Å². The molecule has 0 amide bonds. The van der Waals surface area contributed by atoms with Gasteiger partial charge in [-0.05, 0) is 72.5 Å². The number of benzene rings is 1. The van der Waals surface area contributed by atoms with Gasteiger partial charge in [0.05, 0.1) is 5.02 Å². The molecule has 1 fully saturated rings. The largest absolute Gasteiger partial charge is 0.488 e. The summed E-state index contributed by atoms with van der Waals surface area (Å²) in [5.41, 5.74) is 3.56.